The molecule has 1 unspecified atom stereocenters. The summed E-state index contributed by atoms with van der Waals surface area (Å²) in [6.45, 7) is 1.29. The van der Waals surface area contributed by atoms with E-state index >= 15 is 0 Å². The molecule has 30 heavy (non-hydrogen) atoms. The van der Waals surface area contributed by atoms with Gasteiger partial charge in [-0.2, -0.15) is 0 Å². The highest BCUT2D eigenvalue weighted by Gasteiger charge is 2.23. The zero-order valence-corrected chi connectivity index (χ0v) is 19.8. The standard InChI is InChI=1S/C21H33BrN4O4/c1-16(27)30-17(13-11-9-7-5-4-6-8-10-12-14-22)26-20(28)18-19(23-15-24(18)2)25(3)21(26)29/h15,17H,4-14H2,1-3H3. The second-order valence-corrected chi connectivity index (χ2v) is 8.56. The van der Waals surface area contributed by atoms with Crippen LogP contribution in [0.1, 0.15) is 77.4 Å². The summed E-state index contributed by atoms with van der Waals surface area (Å²) in [7, 11) is 3.27. The number of carbonyl (C=O) groups excluding carboxylic acids is 1. The number of imidazole rings is 1. The van der Waals surface area contributed by atoms with Gasteiger partial charge >= 0.3 is 11.7 Å². The lowest BCUT2D eigenvalue weighted by atomic mass is 10.1. The molecule has 1 atom stereocenters. The Labute approximate surface area is 185 Å². The highest BCUT2D eigenvalue weighted by molar-refractivity contribution is 9.09. The van der Waals surface area contributed by atoms with Crippen molar-refractivity contribution in [2.45, 2.75) is 77.4 Å². The monoisotopic (exact) mass is 484 g/mol. The van der Waals surface area contributed by atoms with Crippen LogP contribution in [0.25, 0.3) is 11.2 Å². The molecule has 0 saturated carbocycles. The number of aromatic nitrogens is 4. The topological polar surface area (TPSA) is 88.1 Å². The van der Waals surface area contributed by atoms with Crippen LogP contribution >= 0.6 is 15.9 Å². The predicted octanol–water partition coefficient (Wildman–Crippen LogP) is 3.79. The number of esters is 1. The van der Waals surface area contributed by atoms with E-state index in [1.165, 1.54) is 56.3 Å². The first-order chi connectivity index (χ1) is 14.4. The lowest BCUT2D eigenvalue weighted by Gasteiger charge is -2.19. The van der Waals surface area contributed by atoms with Crippen LogP contribution in [0, 0.1) is 0 Å². The fourth-order valence-electron chi connectivity index (χ4n) is 3.70. The van der Waals surface area contributed by atoms with Crippen molar-refractivity contribution in [3.63, 3.8) is 0 Å². The molecule has 0 N–H and O–H groups in total. The van der Waals surface area contributed by atoms with Crippen LogP contribution in [0.3, 0.4) is 0 Å². The van der Waals surface area contributed by atoms with Gasteiger partial charge in [0, 0.05) is 32.8 Å². The predicted molar refractivity (Wildman–Crippen MR) is 121 cm³/mol. The van der Waals surface area contributed by atoms with Gasteiger partial charge in [-0.15, -0.1) is 0 Å². The minimum atomic E-state index is -0.905. The van der Waals surface area contributed by atoms with Crippen molar-refractivity contribution < 1.29 is 9.53 Å². The maximum absolute atomic E-state index is 13.0. The van der Waals surface area contributed by atoms with Gasteiger partial charge in [-0.05, 0) is 12.8 Å². The van der Waals surface area contributed by atoms with Gasteiger partial charge in [-0.1, -0.05) is 60.9 Å². The highest BCUT2D eigenvalue weighted by Crippen LogP contribution is 2.18. The second-order valence-electron chi connectivity index (χ2n) is 7.77. The third-order valence-corrected chi connectivity index (χ3v) is 5.89. The van der Waals surface area contributed by atoms with Crippen LogP contribution in [-0.4, -0.2) is 30.0 Å². The molecule has 8 nitrogen and oxygen atoms in total. The number of aryl methyl sites for hydroxylation is 2. The maximum atomic E-state index is 13.0. The Morgan fingerprint density at radius 1 is 1.03 bits per heavy atom. The number of halogens is 1. The van der Waals surface area contributed by atoms with Gasteiger partial charge in [0.25, 0.3) is 5.56 Å². The molecule has 2 aromatic heterocycles. The maximum Gasteiger partial charge on any atom is 0.335 e. The minimum absolute atomic E-state index is 0.314. The summed E-state index contributed by atoms with van der Waals surface area (Å²) in [6, 6.07) is 0. The van der Waals surface area contributed by atoms with Gasteiger partial charge in [0.05, 0.1) is 6.33 Å². The van der Waals surface area contributed by atoms with E-state index < -0.39 is 23.4 Å². The summed E-state index contributed by atoms with van der Waals surface area (Å²) >= 11 is 3.45. The quantitative estimate of drug-likeness (QED) is 0.245. The molecule has 0 bridgehead atoms. The number of hydrogen-bond donors (Lipinski definition) is 0. The Morgan fingerprint density at radius 3 is 2.17 bits per heavy atom. The highest BCUT2D eigenvalue weighted by atomic mass is 79.9. The molecule has 0 radical (unpaired) electrons. The van der Waals surface area contributed by atoms with Crippen LogP contribution < -0.4 is 11.2 Å². The fraction of sp³-hybridized carbons (Fsp3) is 0.714. The zero-order valence-electron chi connectivity index (χ0n) is 18.2. The first kappa shape index (κ1) is 24.4. The molecule has 0 amide bonds. The van der Waals surface area contributed by atoms with Crippen molar-refractivity contribution in [1.29, 1.82) is 0 Å². The van der Waals surface area contributed by atoms with Gasteiger partial charge in [0.2, 0.25) is 0 Å². The normalized spacial score (nSPS) is 12.4. The zero-order chi connectivity index (χ0) is 22.1. The van der Waals surface area contributed by atoms with E-state index in [1.807, 2.05) is 0 Å². The molecule has 0 aliphatic carbocycles. The molecule has 0 aliphatic heterocycles. The Kier molecular flexibility index (Phi) is 9.81. The third kappa shape index (κ3) is 6.30. The summed E-state index contributed by atoms with van der Waals surface area (Å²) < 4.78 is 9.33. The number of nitrogens with zero attached hydrogens (tertiary/aromatic N) is 4. The van der Waals surface area contributed by atoms with Gasteiger partial charge < -0.3 is 9.30 Å². The summed E-state index contributed by atoms with van der Waals surface area (Å²) in [5.74, 6) is -0.512. The smallest absolute Gasteiger partial charge is 0.335 e. The number of alkyl halides is 1. The van der Waals surface area contributed by atoms with E-state index in [-0.39, 0.29) is 0 Å². The lowest BCUT2D eigenvalue weighted by molar-refractivity contribution is -0.152. The molecule has 0 aromatic carbocycles. The van der Waals surface area contributed by atoms with E-state index in [9.17, 15) is 14.4 Å². The van der Waals surface area contributed by atoms with Gasteiger partial charge in [0.1, 0.15) is 0 Å². The van der Waals surface area contributed by atoms with Gasteiger partial charge in [0.15, 0.2) is 17.4 Å². The average molecular weight is 485 g/mol. The van der Waals surface area contributed by atoms with Crippen molar-refractivity contribution in [2.24, 2.45) is 14.1 Å². The summed E-state index contributed by atoms with van der Waals surface area (Å²) in [4.78, 5) is 41.5. The molecular weight excluding hydrogens is 452 g/mol. The molecule has 0 aliphatic rings. The number of hydrogen-bond acceptors (Lipinski definition) is 5. The van der Waals surface area contributed by atoms with E-state index in [1.54, 1.807) is 18.7 Å². The molecule has 168 valence electrons. The first-order valence-corrected chi connectivity index (χ1v) is 11.9. The largest absolute Gasteiger partial charge is 0.441 e. The molecule has 0 fully saturated rings. The molecule has 2 heterocycles. The van der Waals surface area contributed by atoms with Crippen molar-refractivity contribution in [3.05, 3.63) is 27.2 Å². The van der Waals surface area contributed by atoms with Gasteiger partial charge in [-0.3, -0.25) is 14.2 Å². The minimum Gasteiger partial charge on any atom is -0.441 e. The lowest BCUT2D eigenvalue weighted by Crippen LogP contribution is -2.43. The molecular formula is C21H33BrN4O4. The van der Waals surface area contributed by atoms with Gasteiger partial charge in [-0.25, -0.2) is 14.3 Å². The molecule has 2 rings (SSSR count). The number of ether oxygens (including phenoxy) is 1. The third-order valence-electron chi connectivity index (χ3n) is 5.32. The second kappa shape index (κ2) is 12.1. The van der Waals surface area contributed by atoms with E-state index in [2.05, 4.69) is 20.9 Å². The number of rotatable bonds is 13. The molecule has 0 spiro atoms. The first-order valence-electron chi connectivity index (χ1n) is 10.7. The van der Waals surface area contributed by atoms with E-state index in [4.69, 9.17) is 4.74 Å². The fourth-order valence-corrected chi connectivity index (χ4v) is 4.10. The van der Waals surface area contributed by atoms with Crippen LogP contribution in [0.15, 0.2) is 15.9 Å². The Balaban J connectivity index is 2.00. The average Bonchev–Trinajstić information content (AvgIpc) is 3.09. The summed E-state index contributed by atoms with van der Waals surface area (Å²) in [5.41, 5.74) is -0.376. The Bertz CT molecular complexity index is 947. The van der Waals surface area contributed by atoms with Crippen LogP contribution in [-0.2, 0) is 23.6 Å². The number of fused-ring (bicyclic) bond motifs is 1. The summed E-state index contributed by atoms with van der Waals surface area (Å²) in [6.07, 6.45) is 11.3. The molecule has 9 heteroatoms. The van der Waals surface area contributed by atoms with Crippen molar-refractivity contribution in [3.8, 4) is 0 Å². The molecule has 2 aromatic rings. The Hall–Kier alpha value is -1.90. The van der Waals surface area contributed by atoms with Crippen LogP contribution in [0.2, 0.25) is 0 Å². The van der Waals surface area contributed by atoms with Crippen LogP contribution in [0.4, 0.5) is 0 Å². The summed E-state index contributed by atoms with van der Waals surface area (Å²) in [5, 5.41) is 1.08. The van der Waals surface area contributed by atoms with Crippen molar-refractivity contribution in [2.75, 3.05) is 5.33 Å². The molecule has 0 saturated heterocycles. The number of carbonyl (C=O) groups is 1. The van der Waals surface area contributed by atoms with Crippen molar-refractivity contribution >= 4 is 33.1 Å². The number of unbranched alkanes of at least 4 members (excludes halogenated alkanes) is 8. The van der Waals surface area contributed by atoms with E-state index in [0.717, 1.165) is 29.2 Å². The van der Waals surface area contributed by atoms with E-state index in [0.29, 0.717) is 17.6 Å². The Morgan fingerprint density at radius 2 is 1.60 bits per heavy atom. The SMILES string of the molecule is CC(=O)OC(CCCCCCCCCCCBr)n1c(=O)c2c(ncn2C)n(C)c1=O. The van der Waals surface area contributed by atoms with Crippen molar-refractivity contribution in [1.82, 2.24) is 18.7 Å². The van der Waals surface area contributed by atoms with Crippen LogP contribution in [0.5, 0.6) is 0 Å².